The maximum absolute atomic E-state index is 13.2. The molecule has 6 aromatic rings. The monoisotopic (exact) mass is 1010 g/mol. The molecule has 0 atom stereocenters. The first-order valence-electron chi connectivity index (χ1n) is 23.6. The molecule has 0 saturated carbocycles. The molecule has 0 aromatic heterocycles. The van der Waals surface area contributed by atoms with Crippen LogP contribution in [0.5, 0.6) is 23.0 Å². The van der Waals surface area contributed by atoms with Crippen molar-refractivity contribution in [1.29, 1.82) is 0 Å². The van der Waals surface area contributed by atoms with Crippen LogP contribution >= 0.6 is 0 Å². The molecule has 74 heavy (non-hydrogen) atoms. The summed E-state index contributed by atoms with van der Waals surface area (Å²) in [6.45, 7) is 0.922. The minimum absolute atomic E-state index is 0.0177. The molecule has 0 heterocycles. The number of halogens is 2. The molecule has 382 valence electrons. The van der Waals surface area contributed by atoms with Crippen LogP contribution in [0.2, 0.25) is 0 Å². The molecule has 0 bridgehead atoms. The summed E-state index contributed by atoms with van der Waals surface area (Å²) in [5.41, 5.74) is -0.136. The average Bonchev–Trinajstić information content (AvgIpc) is 3.39. The highest BCUT2D eigenvalue weighted by Gasteiger charge is 2.26. The Balaban J connectivity index is 1.01. The van der Waals surface area contributed by atoms with Gasteiger partial charge in [-0.1, -0.05) is 36.4 Å². The third kappa shape index (κ3) is 16.0. The number of carboxylic acids is 4. The van der Waals surface area contributed by atoms with E-state index in [0.717, 1.165) is 48.2 Å². The van der Waals surface area contributed by atoms with Crippen LogP contribution in [0.25, 0.3) is 23.3 Å². The van der Waals surface area contributed by atoms with E-state index in [1.165, 1.54) is 60.7 Å². The van der Waals surface area contributed by atoms with Crippen molar-refractivity contribution in [2.45, 2.75) is 51.4 Å². The molecular weight excluding hydrogens is 959 g/mol. The summed E-state index contributed by atoms with van der Waals surface area (Å²) in [7, 11) is 0. The number of hydrogen-bond donors (Lipinski definition) is 4. The fourth-order valence-electron chi connectivity index (χ4n) is 7.50. The van der Waals surface area contributed by atoms with Gasteiger partial charge in [0.05, 0.1) is 48.7 Å². The number of ketones is 2. The van der Waals surface area contributed by atoms with Crippen LogP contribution in [-0.2, 0) is 0 Å². The lowest BCUT2D eigenvalue weighted by atomic mass is 9.93. The van der Waals surface area contributed by atoms with Crippen LogP contribution in [0.3, 0.4) is 0 Å². The van der Waals surface area contributed by atoms with Crippen LogP contribution in [0, 0.1) is 11.6 Å². The third-order valence-corrected chi connectivity index (χ3v) is 11.5. The van der Waals surface area contributed by atoms with Crippen LogP contribution in [0.4, 0.5) is 8.78 Å². The number of carbonyl (C=O) groups excluding carboxylic acids is 2. The van der Waals surface area contributed by atoms with Gasteiger partial charge in [-0.25, -0.2) is 28.0 Å². The Morgan fingerprint density at radius 1 is 0.378 bits per heavy atom. The molecule has 16 heteroatoms. The summed E-state index contributed by atoms with van der Waals surface area (Å²) in [5, 5.41) is 40.0. The predicted molar refractivity (Wildman–Crippen MR) is 271 cm³/mol. The van der Waals surface area contributed by atoms with Crippen molar-refractivity contribution in [3.63, 3.8) is 0 Å². The Bertz CT molecular complexity index is 2790. The van der Waals surface area contributed by atoms with Gasteiger partial charge in [-0.05, 0) is 172 Å². The van der Waals surface area contributed by atoms with Gasteiger partial charge in [0.2, 0.25) is 0 Å². The standard InChI is InChI=1S/C58H52F2O14/c59-41-19-15-39(16-20-41)51(61)27-13-37-9-23-43(24-10-37)71-29-5-1-3-7-31-73-53-35-49(57(67)68)47(55(63)64)33-45(53)46-34-48(56(65)66)50(58(69)70)36-54(46)74-32-8-4-2-6-30-72-44-25-11-38(12-26-44)14-28-52(62)40-17-21-42(60)22-18-40/h9-28,33-36H,1-8,29-32H2,(H,63,64)(H,65,66)(H,67,68)(H,69,70). The number of ether oxygens (including phenoxy) is 4. The van der Waals surface area contributed by atoms with E-state index in [4.69, 9.17) is 18.9 Å². The van der Waals surface area contributed by atoms with Crippen molar-refractivity contribution in [2.75, 3.05) is 26.4 Å². The Morgan fingerprint density at radius 2 is 0.676 bits per heavy atom. The second kappa shape index (κ2) is 27.1. The Labute approximate surface area is 424 Å². The van der Waals surface area contributed by atoms with E-state index < -0.39 is 57.8 Å². The fraction of sp³-hybridized carbons (Fsp3) is 0.207. The van der Waals surface area contributed by atoms with Crippen molar-refractivity contribution >= 4 is 47.6 Å². The maximum atomic E-state index is 13.2. The number of hydrogen-bond acceptors (Lipinski definition) is 10. The summed E-state index contributed by atoms with van der Waals surface area (Å²) in [5.74, 6) is -6.52. The highest BCUT2D eigenvalue weighted by atomic mass is 19.1. The van der Waals surface area contributed by atoms with Gasteiger partial charge in [0.15, 0.2) is 11.6 Å². The fourth-order valence-corrected chi connectivity index (χ4v) is 7.50. The van der Waals surface area contributed by atoms with Gasteiger partial charge in [-0.3, -0.25) is 9.59 Å². The first kappa shape index (κ1) is 54.4. The molecule has 0 amide bonds. The molecule has 6 aromatic carbocycles. The number of carbonyl (C=O) groups is 6. The molecule has 0 unspecified atom stereocenters. The van der Waals surface area contributed by atoms with Gasteiger partial charge < -0.3 is 39.4 Å². The Kier molecular flexibility index (Phi) is 19.9. The molecule has 0 radical (unpaired) electrons. The molecular formula is C58H52F2O14. The predicted octanol–water partition coefficient (Wildman–Crippen LogP) is 12.3. The van der Waals surface area contributed by atoms with Crippen molar-refractivity contribution in [2.24, 2.45) is 0 Å². The van der Waals surface area contributed by atoms with Crippen LogP contribution in [0.15, 0.2) is 133 Å². The van der Waals surface area contributed by atoms with E-state index >= 15 is 0 Å². The average molecular weight is 1010 g/mol. The van der Waals surface area contributed by atoms with E-state index in [-0.39, 0.29) is 47.4 Å². The van der Waals surface area contributed by atoms with Crippen LogP contribution in [0.1, 0.15) is 125 Å². The summed E-state index contributed by atoms with van der Waals surface area (Å²) in [6.07, 6.45) is 11.2. The number of carboxylic acid groups (broad SMARTS) is 4. The smallest absolute Gasteiger partial charge is 0.336 e. The third-order valence-electron chi connectivity index (χ3n) is 11.5. The molecule has 0 aliphatic carbocycles. The van der Waals surface area contributed by atoms with Gasteiger partial charge in [0.25, 0.3) is 0 Å². The Morgan fingerprint density at radius 3 is 0.986 bits per heavy atom. The molecule has 14 nitrogen and oxygen atoms in total. The minimum Gasteiger partial charge on any atom is -0.494 e. The molecule has 4 N–H and O–H groups in total. The molecule has 0 aliphatic heterocycles. The van der Waals surface area contributed by atoms with E-state index in [1.54, 1.807) is 60.7 Å². The minimum atomic E-state index is -1.57. The van der Waals surface area contributed by atoms with Gasteiger partial charge in [0.1, 0.15) is 34.6 Å². The lowest BCUT2D eigenvalue weighted by Crippen LogP contribution is -2.12. The van der Waals surface area contributed by atoms with E-state index in [0.29, 0.717) is 74.4 Å². The zero-order chi connectivity index (χ0) is 53.0. The number of benzene rings is 6. The van der Waals surface area contributed by atoms with E-state index in [9.17, 15) is 58.0 Å². The molecule has 0 spiro atoms. The largest absolute Gasteiger partial charge is 0.494 e. The summed E-state index contributed by atoms with van der Waals surface area (Å²) in [4.78, 5) is 73.9. The van der Waals surface area contributed by atoms with E-state index in [1.807, 2.05) is 0 Å². The number of rotatable bonds is 29. The second-order valence-electron chi connectivity index (χ2n) is 16.8. The molecule has 0 aliphatic rings. The van der Waals surface area contributed by atoms with Gasteiger partial charge >= 0.3 is 23.9 Å². The Hall–Kier alpha value is -8.92. The van der Waals surface area contributed by atoms with Crippen molar-refractivity contribution in [3.8, 4) is 34.1 Å². The summed E-state index contributed by atoms with van der Waals surface area (Å²) in [6, 6.07) is 29.0. The van der Waals surface area contributed by atoms with Crippen LogP contribution in [-0.4, -0.2) is 82.3 Å². The highest BCUT2D eigenvalue weighted by molar-refractivity contribution is 6.08. The van der Waals surface area contributed by atoms with Gasteiger partial charge in [0, 0.05) is 22.3 Å². The first-order chi connectivity index (χ1) is 35.7. The number of allylic oxidation sites excluding steroid dienone is 2. The number of aromatic carboxylic acids is 4. The van der Waals surface area contributed by atoms with Gasteiger partial charge in [-0.15, -0.1) is 0 Å². The SMILES string of the molecule is O=C(C=Cc1ccc(OCCCCCCOc2cc(C(=O)O)c(C(=O)O)cc2-c2cc(C(=O)O)c(C(=O)O)cc2OCCCCCCOc2ccc(C=CC(=O)c3ccc(F)cc3)cc2)cc1)c1ccc(F)cc1. The lowest BCUT2D eigenvalue weighted by Gasteiger charge is -2.19. The number of unbranched alkanes of at least 4 members (excludes halogenated alkanes) is 6. The summed E-state index contributed by atoms with van der Waals surface area (Å²) >= 11 is 0. The van der Waals surface area contributed by atoms with Crippen molar-refractivity contribution in [3.05, 3.63) is 190 Å². The highest BCUT2D eigenvalue weighted by Crippen LogP contribution is 2.41. The van der Waals surface area contributed by atoms with Crippen molar-refractivity contribution in [1.82, 2.24) is 0 Å². The summed E-state index contributed by atoms with van der Waals surface area (Å²) < 4.78 is 50.2. The topological polar surface area (TPSA) is 220 Å². The second-order valence-corrected chi connectivity index (χ2v) is 16.8. The normalized spacial score (nSPS) is 11.1. The zero-order valence-electron chi connectivity index (χ0n) is 40.0. The zero-order valence-corrected chi connectivity index (χ0v) is 40.0. The van der Waals surface area contributed by atoms with E-state index in [2.05, 4.69) is 0 Å². The van der Waals surface area contributed by atoms with Crippen molar-refractivity contribution < 1.29 is 76.9 Å². The first-order valence-corrected chi connectivity index (χ1v) is 23.6. The molecule has 0 fully saturated rings. The molecule has 6 rings (SSSR count). The van der Waals surface area contributed by atoms with Crippen LogP contribution < -0.4 is 18.9 Å². The lowest BCUT2D eigenvalue weighted by molar-refractivity contribution is 0.0651. The maximum Gasteiger partial charge on any atom is 0.336 e. The van der Waals surface area contributed by atoms with Gasteiger partial charge in [-0.2, -0.15) is 0 Å². The quantitative estimate of drug-likeness (QED) is 0.0195. The molecule has 0 saturated heterocycles.